The molecule has 56 heavy (non-hydrogen) atoms. The normalized spacial score (nSPS) is 11.4. The summed E-state index contributed by atoms with van der Waals surface area (Å²) in [6.45, 7) is 4.53. The van der Waals surface area contributed by atoms with Gasteiger partial charge in [0.05, 0.1) is 11.4 Å². The maximum atomic E-state index is 2.48. The van der Waals surface area contributed by atoms with E-state index in [0.717, 1.165) is 34.1 Å². The van der Waals surface area contributed by atoms with Gasteiger partial charge in [-0.1, -0.05) is 164 Å². The van der Waals surface area contributed by atoms with Crippen LogP contribution >= 0.6 is 0 Å². The van der Waals surface area contributed by atoms with Gasteiger partial charge in [0.15, 0.2) is 0 Å². The van der Waals surface area contributed by atoms with Gasteiger partial charge < -0.3 is 9.80 Å². The van der Waals surface area contributed by atoms with Crippen LogP contribution in [0.15, 0.2) is 206 Å². The number of para-hydroxylation sites is 2. The standard InChI is InChI=1S/C54H40N2/c1-37-45(39-18-7-3-8-19-39)28-16-30-49(37)55(43-24-11-5-12-25-43)51-36-52(48-35-33-42-23-15-22-41-32-34-47(51)54(48)53(41)42)56(44-26-13-6-14-27-44)50-31-17-29-46(38(50)2)40-20-9-4-10-21-40/h3-36H,1-2H3. The number of hydrogen-bond donors (Lipinski definition) is 0. The Labute approximate surface area is 328 Å². The lowest BCUT2D eigenvalue weighted by molar-refractivity contribution is 1.24. The highest BCUT2D eigenvalue weighted by Gasteiger charge is 2.26. The molecule has 0 radical (unpaired) electrons. The fraction of sp³-hybridized carbons (Fsp3) is 0.0370. The van der Waals surface area contributed by atoms with Crippen LogP contribution in [0.1, 0.15) is 11.1 Å². The largest absolute Gasteiger partial charge is 0.310 e. The molecule has 0 saturated carbocycles. The third-order valence-electron chi connectivity index (χ3n) is 11.4. The molecule has 0 atom stereocenters. The van der Waals surface area contributed by atoms with Crippen LogP contribution in [0.4, 0.5) is 34.1 Å². The molecular weight excluding hydrogens is 677 g/mol. The van der Waals surface area contributed by atoms with E-state index in [1.165, 1.54) is 65.7 Å². The lowest BCUT2D eigenvalue weighted by Crippen LogP contribution is -2.16. The molecule has 0 fully saturated rings. The molecule has 0 unspecified atom stereocenters. The summed E-state index contributed by atoms with van der Waals surface area (Å²) in [4.78, 5) is 4.96. The molecule has 10 rings (SSSR count). The Bertz CT molecular complexity index is 2780. The highest BCUT2D eigenvalue weighted by molar-refractivity contribution is 6.29. The summed E-state index contributed by atoms with van der Waals surface area (Å²) < 4.78 is 0. The Kier molecular flexibility index (Phi) is 8.30. The third-order valence-corrected chi connectivity index (χ3v) is 11.4. The van der Waals surface area contributed by atoms with E-state index >= 15 is 0 Å². The molecule has 10 aromatic rings. The molecule has 0 aliphatic rings. The Morgan fingerprint density at radius 3 is 1.12 bits per heavy atom. The SMILES string of the molecule is Cc1c(-c2ccccc2)cccc1N(c1ccccc1)c1cc(N(c2ccccc2)c2cccc(-c3ccccc3)c2C)c2ccc3cccc4ccc1c2c43. The summed E-state index contributed by atoms with van der Waals surface area (Å²) in [5.41, 5.74) is 14.1. The average molecular weight is 717 g/mol. The van der Waals surface area contributed by atoms with Crippen molar-refractivity contribution in [3.8, 4) is 22.3 Å². The minimum atomic E-state index is 1.11. The fourth-order valence-electron chi connectivity index (χ4n) is 8.73. The van der Waals surface area contributed by atoms with Crippen LogP contribution in [0.5, 0.6) is 0 Å². The Morgan fingerprint density at radius 2 is 0.696 bits per heavy atom. The zero-order valence-electron chi connectivity index (χ0n) is 31.5. The molecule has 0 heterocycles. The first-order valence-corrected chi connectivity index (χ1v) is 19.4. The van der Waals surface area contributed by atoms with E-state index in [-0.39, 0.29) is 0 Å². The van der Waals surface area contributed by atoms with Gasteiger partial charge in [0.1, 0.15) is 0 Å². The zero-order valence-corrected chi connectivity index (χ0v) is 31.5. The van der Waals surface area contributed by atoms with E-state index in [9.17, 15) is 0 Å². The van der Waals surface area contributed by atoms with E-state index < -0.39 is 0 Å². The molecule has 2 heteroatoms. The van der Waals surface area contributed by atoms with Crippen molar-refractivity contribution >= 4 is 66.4 Å². The summed E-state index contributed by atoms with van der Waals surface area (Å²) >= 11 is 0. The van der Waals surface area contributed by atoms with Crippen molar-refractivity contribution in [3.63, 3.8) is 0 Å². The predicted molar refractivity (Wildman–Crippen MR) is 240 cm³/mol. The van der Waals surface area contributed by atoms with Gasteiger partial charge in [-0.05, 0) is 106 Å². The maximum Gasteiger partial charge on any atom is 0.0561 e. The smallest absolute Gasteiger partial charge is 0.0561 e. The van der Waals surface area contributed by atoms with E-state index in [0.29, 0.717) is 0 Å². The highest BCUT2D eigenvalue weighted by Crippen LogP contribution is 2.51. The van der Waals surface area contributed by atoms with Crippen molar-refractivity contribution in [2.24, 2.45) is 0 Å². The van der Waals surface area contributed by atoms with Crippen LogP contribution in [0, 0.1) is 13.8 Å². The summed E-state index contributed by atoms with van der Waals surface area (Å²) in [5.74, 6) is 0. The summed E-state index contributed by atoms with van der Waals surface area (Å²) in [6, 6.07) is 75.0. The fourth-order valence-corrected chi connectivity index (χ4v) is 8.73. The lowest BCUT2D eigenvalue weighted by atomic mass is 9.90. The molecule has 0 saturated heterocycles. The second kappa shape index (κ2) is 13.9. The Hall–Kier alpha value is -7.16. The van der Waals surface area contributed by atoms with Gasteiger partial charge in [-0.25, -0.2) is 0 Å². The quantitative estimate of drug-likeness (QED) is 0.144. The first kappa shape index (κ1) is 33.4. The number of benzene rings is 10. The van der Waals surface area contributed by atoms with E-state index in [4.69, 9.17) is 0 Å². The molecule has 2 nitrogen and oxygen atoms in total. The maximum absolute atomic E-state index is 2.48. The topological polar surface area (TPSA) is 6.48 Å². The molecular formula is C54H40N2. The molecule has 0 aromatic heterocycles. The monoisotopic (exact) mass is 716 g/mol. The number of rotatable bonds is 8. The van der Waals surface area contributed by atoms with Gasteiger partial charge in [0.2, 0.25) is 0 Å². The summed E-state index contributed by atoms with van der Waals surface area (Å²) in [5, 5.41) is 7.46. The van der Waals surface area contributed by atoms with Crippen molar-refractivity contribution in [3.05, 3.63) is 217 Å². The van der Waals surface area contributed by atoms with Crippen molar-refractivity contribution < 1.29 is 0 Å². The zero-order chi connectivity index (χ0) is 37.6. The average Bonchev–Trinajstić information content (AvgIpc) is 3.26. The van der Waals surface area contributed by atoms with Gasteiger partial charge in [-0.3, -0.25) is 0 Å². The van der Waals surface area contributed by atoms with Crippen LogP contribution in [0.3, 0.4) is 0 Å². The van der Waals surface area contributed by atoms with Gasteiger partial charge in [-0.15, -0.1) is 0 Å². The molecule has 0 aliphatic heterocycles. The van der Waals surface area contributed by atoms with Crippen molar-refractivity contribution in [2.45, 2.75) is 13.8 Å². The van der Waals surface area contributed by atoms with Crippen LogP contribution in [-0.4, -0.2) is 0 Å². The van der Waals surface area contributed by atoms with Gasteiger partial charge in [0, 0.05) is 38.9 Å². The van der Waals surface area contributed by atoms with E-state index in [2.05, 4.69) is 230 Å². The number of nitrogens with zero attached hydrogens (tertiary/aromatic N) is 2. The minimum Gasteiger partial charge on any atom is -0.310 e. The Balaban J connectivity index is 1.33. The number of anilines is 6. The van der Waals surface area contributed by atoms with Gasteiger partial charge >= 0.3 is 0 Å². The number of hydrogen-bond acceptors (Lipinski definition) is 2. The first-order valence-electron chi connectivity index (χ1n) is 19.4. The Morgan fingerprint density at radius 1 is 0.304 bits per heavy atom. The molecule has 0 aliphatic carbocycles. The predicted octanol–water partition coefficient (Wildman–Crippen LogP) is 15.5. The van der Waals surface area contributed by atoms with Crippen LogP contribution in [-0.2, 0) is 0 Å². The highest BCUT2D eigenvalue weighted by atomic mass is 15.2. The molecule has 0 spiro atoms. The van der Waals surface area contributed by atoms with E-state index in [1.54, 1.807) is 0 Å². The molecule has 0 N–H and O–H groups in total. The lowest BCUT2D eigenvalue weighted by Gasteiger charge is -2.34. The van der Waals surface area contributed by atoms with Crippen molar-refractivity contribution in [1.82, 2.24) is 0 Å². The molecule has 0 amide bonds. The summed E-state index contributed by atoms with van der Waals surface area (Å²) in [6.07, 6.45) is 0. The van der Waals surface area contributed by atoms with Gasteiger partial charge in [-0.2, -0.15) is 0 Å². The first-order chi connectivity index (χ1) is 27.7. The second-order valence-electron chi connectivity index (χ2n) is 14.6. The summed E-state index contributed by atoms with van der Waals surface area (Å²) in [7, 11) is 0. The van der Waals surface area contributed by atoms with E-state index in [1.807, 2.05) is 0 Å². The second-order valence-corrected chi connectivity index (χ2v) is 14.6. The van der Waals surface area contributed by atoms with Crippen LogP contribution in [0.2, 0.25) is 0 Å². The molecule has 266 valence electrons. The minimum absolute atomic E-state index is 1.11. The third kappa shape index (κ3) is 5.58. The van der Waals surface area contributed by atoms with Crippen molar-refractivity contribution in [2.75, 3.05) is 9.80 Å². The van der Waals surface area contributed by atoms with Gasteiger partial charge in [0.25, 0.3) is 0 Å². The van der Waals surface area contributed by atoms with Crippen LogP contribution in [0.25, 0.3) is 54.6 Å². The van der Waals surface area contributed by atoms with Crippen LogP contribution < -0.4 is 9.80 Å². The molecule has 10 aromatic carbocycles. The molecule has 0 bridgehead atoms. The van der Waals surface area contributed by atoms with Crippen molar-refractivity contribution in [1.29, 1.82) is 0 Å².